The maximum absolute atomic E-state index is 13.5. The van der Waals surface area contributed by atoms with Gasteiger partial charge in [-0.1, -0.05) is 49.6 Å². The Morgan fingerprint density at radius 1 is 1.12 bits per heavy atom. The molecule has 2 aliphatic rings. The van der Waals surface area contributed by atoms with Gasteiger partial charge in [-0.25, -0.2) is 4.79 Å². The maximum atomic E-state index is 13.5. The predicted octanol–water partition coefficient (Wildman–Crippen LogP) is 3.17. The zero-order valence-electron chi connectivity index (χ0n) is 20.1. The van der Waals surface area contributed by atoms with Crippen molar-refractivity contribution in [2.24, 2.45) is 5.92 Å². The molecule has 1 saturated carbocycles. The maximum Gasteiger partial charge on any atom is 0.408 e. The molecule has 2 fully saturated rings. The van der Waals surface area contributed by atoms with E-state index in [4.69, 9.17) is 9.47 Å². The number of likely N-dealkylation sites (N-methyl/N-ethyl adjacent to an activating group) is 1. The lowest BCUT2D eigenvalue weighted by molar-refractivity contribution is -0.137. The van der Waals surface area contributed by atoms with Gasteiger partial charge in [0.2, 0.25) is 11.8 Å². The van der Waals surface area contributed by atoms with Crippen molar-refractivity contribution in [1.29, 1.82) is 0 Å². The third-order valence-electron chi connectivity index (χ3n) is 6.17. The molecule has 1 aliphatic carbocycles. The standard InChI is InChI=1S/C25H37N3O5/c1-25(2,3)33-24(31)27-19(17-11-7-5-8-12-17)22(29)26-20-21(18-13-9-6-10-14-18)32-16-15-28(4)23(20)30/h6,9-10,13-14,17,19-21H,5,7-8,11-12,15-16H2,1-4H3,(H,26,29)(H,27,31)/t19-,20-,21+/m0/s1. The highest BCUT2D eigenvalue weighted by Gasteiger charge is 2.40. The molecule has 0 radical (unpaired) electrons. The minimum absolute atomic E-state index is 0.0130. The van der Waals surface area contributed by atoms with Crippen LogP contribution in [0.5, 0.6) is 0 Å². The number of rotatable bonds is 5. The summed E-state index contributed by atoms with van der Waals surface area (Å²) in [6.07, 6.45) is 3.56. The average molecular weight is 460 g/mol. The Kier molecular flexibility index (Phi) is 8.35. The first-order chi connectivity index (χ1) is 15.7. The molecule has 0 spiro atoms. The number of alkyl carbamates (subject to hydrolysis) is 1. The predicted molar refractivity (Wildman–Crippen MR) is 124 cm³/mol. The molecule has 33 heavy (non-hydrogen) atoms. The van der Waals surface area contributed by atoms with E-state index in [1.54, 1.807) is 32.7 Å². The van der Waals surface area contributed by atoms with Crippen LogP contribution in [-0.2, 0) is 19.1 Å². The molecule has 1 heterocycles. The molecule has 1 aromatic carbocycles. The number of hydrogen-bond donors (Lipinski definition) is 2. The van der Waals surface area contributed by atoms with Gasteiger partial charge in [0.05, 0.1) is 6.61 Å². The van der Waals surface area contributed by atoms with E-state index in [1.165, 1.54) is 0 Å². The van der Waals surface area contributed by atoms with Crippen LogP contribution in [0.3, 0.4) is 0 Å². The first-order valence-corrected chi connectivity index (χ1v) is 11.9. The monoisotopic (exact) mass is 459 g/mol. The summed E-state index contributed by atoms with van der Waals surface area (Å²) in [5.41, 5.74) is 0.143. The highest BCUT2D eigenvalue weighted by atomic mass is 16.6. The molecule has 0 unspecified atom stereocenters. The van der Waals surface area contributed by atoms with E-state index >= 15 is 0 Å². The van der Waals surface area contributed by atoms with E-state index in [1.807, 2.05) is 30.3 Å². The van der Waals surface area contributed by atoms with E-state index in [2.05, 4.69) is 10.6 Å². The lowest BCUT2D eigenvalue weighted by Crippen LogP contribution is -2.57. The van der Waals surface area contributed by atoms with E-state index in [0.717, 1.165) is 37.7 Å². The summed E-state index contributed by atoms with van der Waals surface area (Å²) in [7, 11) is 1.70. The van der Waals surface area contributed by atoms with Gasteiger partial charge in [-0.3, -0.25) is 9.59 Å². The largest absolute Gasteiger partial charge is 0.444 e. The van der Waals surface area contributed by atoms with Crippen molar-refractivity contribution in [3.8, 4) is 0 Å². The van der Waals surface area contributed by atoms with Crippen LogP contribution in [-0.4, -0.2) is 60.7 Å². The highest BCUT2D eigenvalue weighted by molar-refractivity contribution is 5.92. The molecule has 2 N–H and O–H groups in total. The van der Waals surface area contributed by atoms with Crippen molar-refractivity contribution < 1.29 is 23.9 Å². The van der Waals surface area contributed by atoms with Gasteiger partial charge in [0.15, 0.2) is 0 Å². The molecule has 0 bridgehead atoms. The van der Waals surface area contributed by atoms with Gasteiger partial charge in [-0.05, 0) is 45.1 Å². The number of carbonyl (C=O) groups excluding carboxylic acids is 3. The summed E-state index contributed by atoms with van der Waals surface area (Å²) in [6.45, 7) is 6.16. The molecule has 182 valence electrons. The van der Waals surface area contributed by atoms with Crippen molar-refractivity contribution in [1.82, 2.24) is 15.5 Å². The Morgan fingerprint density at radius 2 is 1.79 bits per heavy atom. The van der Waals surface area contributed by atoms with Crippen LogP contribution in [0.2, 0.25) is 0 Å². The van der Waals surface area contributed by atoms with Gasteiger partial charge in [0.25, 0.3) is 0 Å². The first kappa shape index (κ1) is 25.0. The van der Waals surface area contributed by atoms with Gasteiger partial charge in [0, 0.05) is 13.6 Å². The normalized spacial score (nSPS) is 23.4. The summed E-state index contributed by atoms with van der Waals surface area (Å²) in [5, 5.41) is 5.72. The second-order valence-electron chi connectivity index (χ2n) is 9.97. The lowest BCUT2D eigenvalue weighted by Gasteiger charge is -2.33. The van der Waals surface area contributed by atoms with E-state index in [-0.39, 0.29) is 17.7 Å². The van der Waals surface area contributed by atoms with Crippen LogP contribution in [0, 0.1) is 5.92 Å². The fourth-order valence-electron chi connectivity index (χ4n) is 4.50. The van der Waals surface area contributed by atoms with Crippen LogP contribution in [0.15, 0.2) is 30.3 Å². The van der Waals surface area contributed by atoms with Gasteiger partial charge >= 0.3 is 6.09 Å². The van der Waals surface area contributed by atoms with Gasteiger partial charge in [-0.15, -0.1) is 0 Å². The Bertz CT molecular complexity index is 817. The number of amides is 3. The van der Waals surface area contributed by atoms with E-state index < -0.39 is 29.9 Å². The van der Waals surface area contributed by atoms with Crippen LogP contribution < -0.4 is 10.6 Å². The Balaban J connectivity index is 1.83. The topological polar surface area (TPSA) is 97.0 Å². The zero-order valence-corrected chi connectivity index (χ0v) is 20.1. The fourth-order valence-corrected chi connectivity index (χ4v) is 4.50. The summed E-state index contributed by atoms with van der Waals surface area (Å²) >= 11 is 0. The van der Waals surface area contributed by atoms with Crippen molar-refractivity contribution in [2.75, 3.05) is 20.2 Å². The molecular formula is C25H37N3O5. The molecule has 8 heteroatoms. The number of hydrogen-bond acceptors (Lipinski definition) is 5. The Labute approximate surface area is 196 Å². The highest BCUT2D eigenvalue weighted by Crippen LogP contribution is 2.29. The molecule has 8 nitrogen and oxygen atoms in total. The fraction of sp³-hybridized carbons (Fsp3) is 0.640. The number of benzene rings is 1. The minimum atomic E-state index is -0.890. The molecule has 3 atom stereocenters. The van der Waals surface area contributed by atoms with Crippen molar-refractivity contribution in [3.63, 3.8) is 0 Å². The molecule has 1 aromatic rings. The third-order valence-corrected chi connectivity index (χ3v) is 6.17. The van der Waals surface area contributed by atoms with Gasteiger partial charge in [-0.2, -0.15) is 0 Å². The summed E-state index contributed by atoms with van der Waals surface area (Å²) in [6, 6.07) is 7.76. The van der Waals surface area contributed by atoms with Gasteiger partial charge in [0.1, 0.15) is 23.8 Å². The van der Waals surface area contributed by atoms with Crippen LogP contribution in [0.25, 0.3) is 0 Å². The van der Waals surface area contributed by atoms with Crippen molar-refractivity contribution in [2.45, 2.75) is 76.7 Å². The molecule has 0 aromatic heterocycles. The van der Waals surface area contributed by atoms with E-state index in [9.17, 15) is 14.4 Å². The van der Waals surface area contributed by atoms with Crippen molar-refractivity contribution in [3.05, 3.63) is 35.9 Å². The smallest absolute Gasteiger partial charge is 0.408 e. The minimum Gasteiger partial charge on any atom is -0.444 e. The number of nitrogens with one attached hydrogen (secondary N) is 2. The Hall–Kier alpha value is -2.61. The van der Waals surface area contributed by atoms with Gasteiger partial charge < -0.3 is 25.0 Å². The van der Waals surface area contributed by atoms with E-state index in [0.29, 0.717) is 13.2 Å². The first-order valence-electron chi connectivity index (χ1n) is 11.9. The summed E-state index contributed by atoms with van der Waals surface area (Å²) in [5.74, 6) is -0.610. The molecule has 1 saturated heterocycles. The number of carbonyl (C=O) groups is 3. The van der Waals surface area contributed by atoms with Crippen LogP contribution >= 0.6 is 0 Å². The SMILES string of the molecule is CN1CCO[C@H](c2ccccc2)[C@H](NC(=O)[C@@H](NC(=O)OC(C)(C)C)C2CCCCC2)C1=O. The third kappa shape index (κ3) is 6.93. The van der Waals surface area contributed by atoms with Crippen molar-refractivity contribution >= 4 is 17.9 Å². The Morgan fingerprint density at radius 3 is 2.42 bits per heavy atom. The second-order valence-corrected chi connectivity index (χ2v) is 9.97. The molecule has 3 rings (SSSR count). The number of ether oxygens (including phenoxy) is 2. The van der Waals surface area contributed by atoms with Crippen LogP contribution in [0.1, 0.15) is 64.5 Å². The van der Waals surface area contributed by atoms with Crippen LogP contribution in [0.4, 0.5) is 4.79 Å². The molecule has 3 amide bonds. The average Bonchev–Trinajstić information content (AvgIpc) is 2.91. The summed E-state index contributed by atoms with van der Waals surface area (Å²) in [4.78, 5) is 40.9. The molecular weight excluding hydrogens is 422 g/mol. The lowest BCUT2D eigenvalue weighted by atomic mass is 9.83. The summed E-state index contributed by atoms with van der Waals surface area (Å²) < 4.78 is 11.4. The second kappa shape index (κ2) is 11.0. The quantitative estimate of drug-likeness (QED) is 0.705. The number of nitrogens with zero attached hydrogens (tertiary/aromatic N) is 1. The molecule has 1 aliphatic heterocycles. The zero-order chi connectivity index (χ0) is 24.0.